The Morgan fingerprint density at radius 3 is 2.60 bits per heavy atom. The molecule has 0 bridgehead atoms. The lowest BCUT2D eigenvalue weighted by Crippen LogP contribution is -2.08. The first-order chi connectivity index (χ1) is 9.51. The first-order valence-electron chi connectivity index (χ1n) is 6.41. The third-order valence-corrected chi connectivity index (χ3v) is 3.20. The van der Waals surface area contributed by atoms with Crippen LogP contribution in [-0.2, 0) is 0 Å². The Morgan fingerprint density at radius 2 is 1.95 bits per heavy atom. The van der Waals surface area contributed by atoms with E-state index in [-0.39, 0.29) is 17.6 Å². The summed E-state index contributed by atoms with van der Waals surface area (Å²) >= 11 is 0. The van der Waals surface area contributed by atoms with Gasteiger partial charge < -0.3 is 15.2 Å². The van der Waals surface area contributed by atoms with Crippen LogP contribution in [0, 0.1) is 12.7 Å². The van der Waals surface area contributed by atoms with E-state index in [1.54, 1.807) is 30.3 Å². The van der Waals surface area contributed by atoms with E-state index in [0.29, 0.717) is 17.0 Å². The van der Waals surface area contributed by atoms with E-state index >= 15 is 0 Å². The second-order valence-corrected chi connectivity index (χ2v) is 4.77. The number of ether oxygens (including phenoxy) is 1. The summed E-state index contributed by atoms with van der Waals surface area (Å²) in [5, 5.41) is 13.1. The van der Waals surface area contributed by atoms with E-state index in [0.717, 1.165) is 5.56 Å². The van der Waals surface area contributed by atoms with Crippen molar-refractivity contribution < 1.29 is 14.2 Å². The Morgan fingerprint density at radius 1 is 1.20 bits per heavy atom. The molecule has 0 saturated carbocycles. The van der Waals surface area contributed by atoms with Gasteiger partial charge >= 0.3 is 0 Å². The topological polar surface area (TPSA) is 41.5 Å². The predicted molar refractivity (Wildman–Crippen MR) is 77.8 cm³/mol. The van der Waals surface area contributed by atoms with Gasteiger partial charge in [0.25, 0.3) is 0 Å². The minimum atomic E-state index is -0.310. The van der Waals surface area contributed by atoms with Gasteiger partial charge in [0, 0.05) is 11.6 Å². The van der Waals surface area contributed by atoms with Crippen LogP contribution in [0.3, 0.4) is 0 Å². The van der Waals surface area contributed by atoms with Gasteiger partial charge in [-0.2, -0.15) is 0 Å². The summed E-state index contributed by atoms with van der Waals surface area (Å²) in [4.78, 5) is 0. The maximum atomic E-state index is 13.7. The number of methoxy groups -OCH3 is 1. The Kier molecular flexibility index (Phi) is 4.13. The van der Waals surface area contributed by atoms with Gasteiger partial charge in [-0.15, -0.1) is 0 Å². The molecule has 0 saturated heterocycles. The molecular weight excluding hydrogens is 257 g/mol. The summed E-state index contributed by atoms with van der Waals surface area (Å²) < 4.78 is 18.8. The van der Waals surface area contributed by atoms with E-state index in [2.05, 4.69) is 5.32 Å². The van der Waals surface area contributed by atoms with Gasteiger partial charge in [-0.25, -0.2) is 4.39 Å². The number of phenols is 1. The van der Waals surface area contributed by atoms with Crippen molar-refractivity contribution in [3.05, 3.63) is 53.3 Å². The smallest absolute Gasteiger partial charge is 0.146 e. The second-order valence-electron chi connectivity index (χ2n) is 4.77. The van der Waals surface area contributed by atoms with Gasteiger partial charge in [0.15, 0.2) is 0 Å². The van der Waals surface area contributed by atoms with E-state index in [1.165, 1.54) is 13.2 Å². The molecule has 3 nitrogen and oxygen atoms in total. The highest BCUT2D eigenvalue weighted by Gasteiger charge is 2.13. The van der Waals surface area contributed by atoms with Crippen molar-refractivity contribution in [2.75, 3.05) is 12.4 Å². The molecule has 20 heavy (non-hydrogen) atoms. The van der Waals surface area contributed by atoms with Crippen LogP contribution in [0.4, 0.5) is 10.1 Å². The van der Waals surface area contributed by atoms with Crippen LogP contribution in [-0.4, -0.2) is 12.2 Å². The summed E-state index contributed by atoms with van der Waals surface area (Å²) in [7, 11) is 1.54. The summed E-state index contributed by atoms with van der Waals surface area (Å²) in [5.41, 5.74) is 2.08. The molecule has 0 fully saturated rings. The lowest BCUT2D eigenvalue weighted by molar-refractivity contribution is 0.406. The first-order valence-corrected chi connectivity index (χ1v) is 6.41. The van der Waals surface area contributed by atoms with Crippen LogP contribution in [0.2, 0.25) is 0 Å². The average Bonchev–Trinajstić information content (AvgIpc) is 2.42. The fourth-order valence-corrected chi connectivity index (χ4v) is 2.08. The minimum absolute atomic E-state index is 0.123. The van der Waals surface area contributed by atoms with Crippen LogP contribution < -0.4 is 10.1 Å². The zero-order valence-corrected chi connectivity index (χ0v) is 11.8. The summed E-state index contributed by atoms with van der Waals surface area (Å²) in [6.45, 7) is 3.77. The van der Waals surface area contributed by atoms with Gasteiger partial charge in [-0.05, 0) is 43.7 Å². The molecule has 0 aromatic heterocycles. The highest BCUT2D eigenvalue weighted by atomic mass is 19.1. The van der Waals surface area contributed by atoms with Crippen LogP contribution in [0.15, 0.2) is 36.4 Å². The van der Waals surface area contributed by atoms with Crippen molar-refractivity contribution in [3.8, 4) is 11.5 Å². The highest BCUT2D eigenvalue weighted by molar-refractivity contribution is 5.51. The van der Waals surface area contributed by atoms with Gasteiger partial charge in [-0.3, -0.25) is 0 Å². The zero-order valence-electron chi connectivity index (χ0n) is 11.8. The molecule has 1 atom stereocenters. The standard InChI is InChI=1S/C16H18FNO2/c1-10-4-7-14(17)15(8-10)18-11(2)13-6-5-12(20-3)9-16(13)19/h4-9,11,18-19H,1-3H3. The maximum Gasteiger partial charge on any atom is 0.146 e. The van der Waals surface area contributed by atoms with Gasteiger partial charge in [0.2, 0.25) is 0 Å². The second kappa shape index (κ2) is 5.82. The fourth-order valence-electron chi connectivity index (χ4n) is 2.08. The lowest BCUT2D eigenvalue weighted by atomic mass is 10.1. The fraction of sp³-hybridized carbons (Fsp3) is 0.250. The molecular formula is C16H18FNO2. The molecule has 0 radical (unpaired) electrons. The molecule has 2 rings (SSSR count). The highest BCUT2D eigenvalue weighted by Crippen LogP contribution is 2.31. The van der Waals surface area contributed by atoms with Gasteiger partial charge in [-0.1, -0.05) is 6.07 Å². The zero-order chi connectivity index (χ0) is 14.7. The van der Waals surface area contributed by atoms with Crippen molar-refractivity contribution >= 4 is 5.69 Å². The number of anilines is 1. The number of hydrogen-bond acceptors (Lipinski definition) is 3. The number of halogens is 1. The summed E-state index contributed by atoms with van der Waals surface area (Å²) in [5.74, 6) is 0.396. The molecule has 0 spiro atoms. The van der Waals surface area contributed by atoms with Crippen molar-refractivity contribution in [3.63, 3.8) is 0 Å². The van der Waals surface area contributed by atoms with Crippen molar-refractivity contribution in [1.82, 2.24) is 0 Å². The number of aromatic hydroxyl groups is 1. The van der Waals surface area contributed by atoms with Crippen molar-refractivity contribution in [1.29, 1.82) is 0 Å². The molecule has 0 amide bonds. The van der Waals surface area contributed by atoms with Crippen molar-refractivity contribution in [2.24, 2.45) is 0 Å². The predicted octanol–water partition coefficient (Wildman–Crippen LogP) is 4.02. The van der Waals surface area contributed by atoms with E-state index in [4.69, 9.17) is 4.74 Å². The van der Waals surface area contributed by atoms with Crippen LogP contribution >= 0.6 is 0 Å². The number of benzene rings is 2. The molecule has 1 unspecified atom stereocenters. The third kappa shape index (κ3) is 3.02. The number of hydrogen-bond donors (Lipinski definition) is 2. The molecule has 0 aliphatic rings. The Balaban J connectivity index is 2.23. The SMILES string of the molecule is COc1ccc(C(C)Nc2cc(C)ccc2F)c(O)c1. The number of phenolic OH excluding ortho intramolecular Hbond substituents is 1. The monoisotopic (exact) mass is 275 g/mol. The molecule has 2 aromatic rings. The van der Waals surface area contributed by atoms with Gasteiger partial charge in [0.1, 0.15) is 17.3 Å². The molecule has 4 heteroatoms. The molecule has 106 valence electrons. The molecule has 0 aliphatic heterocycles. The largest absolute Gasteiger partial charge is 0.507 e. The van der Waals surface area contributed by atoms with Crippen molar-refractivity contribution in [2.45, 2.75) is 19.9 Å². The van der Waals surface area contributed by atoms with Crippen LogP contribution in [0.5, 0.6) is 11.5 Å². The molecule has 2 aromatic carbocycles. The van der Waals surface area contributed by atoms with E-state index in [1.807, 2.05) is 13.8 Å². The Labute approximate surface area is 118 Å². The van der Waals surface area contributed by atoms with Crippen LogP contribution in [0.25, 0.3) is 0 Å². The number of nitrogens with one attached hydrogen (secondary N) is 1. The molecule has 2 N–H and O–H groups in total. The summed E-state index contributed by atoms with van der Waals surface area (Å²) in [6, 6.07) is 9.73. The van der Waals surface area contributed by atoms with Gasteiger partial charge in [0.05, 0.1) is 18.8 Å². The maximum absolute atomic E-state index is 13.7. The Bertz CT molecular complexity index is 613. The summed E-state index contributed by atoms with van der Waals surface area (Å²) in [6.07, 6.45) is 0. The Hall–Kier alpha value is -2.23. The molecule has 0 heterocycles. The number of aryl methyl sites for hydroxylation is 1. The lowest BCUT2D eigenvalue weighted by Gasteiger charge is -2.18. The normalized spacial score (nSPS) is 12.0. The van der Waals surface area contributed by atoms with E-state index in [9.17, 15) is 9.50 Å². The quantitative estimate of drug-likeness (QED) is 0.885. The van der Waals surface area contributed by atoms with E-state index < -0.39 is 0 Å². The molecule has 0 aliphatic carbocycles. The number of rotatable bonds is 4. The third-order valence-electron chi connectivity index (χ3n) is 3.20. The average molecular weight is 275 g/mol. The first kappa shape index (κ1) is 14.2. The van der Waals surface area contributed by atoms with Crippen LogP contribution in [0.1, 0.15) is 24.1 Å². The minimum Gasteiger partial charge on any atom is -0.507 e.